The van der Waals surface area contributed by atoms with Crippen molar-refractivity contribution in [3.63, 3.8) is 0 Å². The quantitative estimate of drug-likeness (QED) is 0.711. The van der Waals surface area contributed by atoms with Crippen molar-refractivity contribution in [1.29, 1.82) is 0 Å². The molecule has 1 heterocycles. The highest BCUT2D eigenvalue weighted by atomic mass is 32.2. The molecule has 2 aromatic carbocycles. The van der Waals surface area contributed by atoms with Crippen LogP contribution in [0, 0.1) is 12.8 Å². The van der Waals surface area contributed by atoms with Gasteiger partial charge in [0.25, 0.3) is 0 Å². The molecule has 0 bridgehead atoms. The van der Waals surface area contributed by atoms with Crippen molar-refractivity contribution < 1.29 is 9.53 Å². The fourth-order valence-corrected chi connectivity index (χ4v) is 4.66. The fraction of sp³-hybridized carbons (Fsp3) is 0.435. The molecule has 1 aliphatic heterocycles. The van der Waals surface area contributed by atoms with E-state index in [4.69, 9.17) is 4.74 Å². The van der Waals surface area contributed by atoms with Crippen LogP contribution in [0.15, 0.2) is 59.5 Å². The van der Waals surface area contributed by atoms with Crippen LogP contribution in [0.2, 0.25) is 0 Å². The molecule has 0 radical (unpaired) electrons. The Hall–Kier alpha value is -1.78. The van der Waals surface area contributed by atoms with Gasteiger partial charge in [0.2, 0.25) is 5.91 Å². The van der Waals surface area contributed by atoms with Gasteiger partial charge in [-0.2, -0.15) is 0 Å². The third-order valence-electron chi connectivity index (χ3n) is 5.46. The molecule has 1 unspecified atom stereocenters. The number of carbonyl (C=O) groups is 1. The summed E-state index contributed by atoms with van der Waals surface area (Å²) in [5, 5.41) is 3.25. The Balaban J connectivity index is 1.61. The van der Waals surface area contributed by atoms with Gasteiger partial charge in [-0.05, 0) is 43.0 Å². The van der Waals surface area contributed by atoms with Crippen LogP contribution in [-0.2, 0) is 14.9 Å². The topological polar surface area (TPSA) is 38.3 Å². The molecule has 144 valence electrons. The van der Waals surface area contributed by atoms with Gasteiger partial charge < -0.3 is 10.1 Å². The van der Waals surface area contributed by atoms with E-state index in [0.717, 1.165) is 31.8 Å². The average molecular weight is 384 g/mol. The lowest BCUT2D eigenvalue weighted by atomic mass is 9.72. The number of thioether (sulfide) groups is 1. The number of hydrogen-bond donors (Lipinski definition) is 1. The maximum Gasteiger partial charge on any atom is 0.223 e. The van der Waals surface area contributed by atoms with Crippen LogP contribution in [0.4, 0.5) is 0 Å². The Kier molecular flexibility index (Phi) is 6.97. The molecule has 27 heavy (non-hydrogen) atoms. The normalized spacial score (nSPS) is 17.3. The Morgan fingerprint density at radius 3 is 2.48 bits per heavy atom. The zero-order valence-corrected chi connectivity index (χ0v) is 17.1. The van der Waals surface area contributed by atoms with Gasteiger partial charge in [0.15, 0.2) is 0 Å². The highest BCUT2D eigenvalue weighted by Gasteiger charge is 2.36. The summed E-state index contributed by atoms with van der Waals surface area (Å²) in [5.74, 6) is 0.901. The monoisotopic (exact) mass is 383 g/mol. The van der Waals surface area contributed by atoms with Gasteiger partial charge in [0.1, 0.15) is 0 Å². The van der Waals surface area contributed by atoms with Crippen LogP contribution in [0.1, 0.15) is 30.9 Å². The molecule has 2 aromatic rings. The number of aryl methyl sites for hydroxylation is 1. The number of carbonyl (C=O) groups excluding carboxylic acids is 1. The summed E-state index contributed by atoms with van der Waals surface area (Å²) < 4.78 is 5.61. The maximum absolute atomic E-state index is 12.7. The molecule has 1 amide bonds. The molecule has 1 fully saturated rings. The molecule has 0 aromatic heterocycles. The number of benzene rings is 2. The number of rotatable bonds is 7. The summed E-state index contributed by atoms with van der Waals surface area (Å²) >= 11 is 1.74. The average Bonchev–Trinajstić information content (AvgIpc) is 2.72. The second-order valence-corrected chi connectivity index (χ2v) is 8.54. The summed E-state index contributed by atoms with van der Waals surface area (Å²) in [7, 11) is 0. The molecular weight excluding hydrogens is 354 g/mol. The van der Waals surface area contributed by atoms with Crippen LogP contribution < -0.4 is 5.32 Å². The van der Waals surface area contributed by atoms with Crippen molar-refractivity contribution in [2.45, 2.75) is 37.0 Å². The molecule has 4 heteroatoms. The van der Waals surface area contributed by atoms with E-state index in [9.17, 15) is 4.79 Å². The minimum Gasteiger partial charge on any atom is -0.381 e. The molecule has 0 aliphatic carbocycles. The van der Waals surface area contributed by atoms with E-state index >= 15 is 0 Å². The summed E-state index contributed by atoms with van der Waals surface area (Å²) in [5.41, 5.74) is 2.62. The second-order valence-electron chi connectivity index (χ2n) is 7.45. The lowest BCUT2D eigenvalue weighted by Crippen LogP contribution is -2.46. The zero-order valence-electron chi connectivity index (χ0n) is 16.2. The van der Waals surface area contributed by atoms with Crippen molar-refractivity contribution in [2.75, 3.05) is 25.5 Å². The maximum atomic E-state index is 12.7. The molecular formula is C23H29NO2S. The highest BCUT2D eigenvalue weighted by Crippen LogP contribution is 2.36. The Labute approximate surface area is 166 Å². The first kappa shape index (κ1) is 20.0. The molecule has 3 nitrogen and oxygen atoms in total. The first-order chi connectivity index (χ1) is 13.1. The minimum atomic E-state index is -0.0241. The van der Waals surface area contributed by atoms with Crippen LogP contribution in [0.25, 0.3) is 0 Å². The van der Waals surface area contributed by atoms with Crippen LogP contribution >= 0.6 is 11.8 Å². The SMILES string of the molecule is Cc1ccccc1C1(CNC(=O)C(C)CSc2ccccc2)CCOCC1. The number of ether oxygens (including phenoxy) is 1. The fourth-order valence-electron chi connectivity index (χ4n) is 3.72. The van der Waals surface area contributed by atoms with Gasteiger partial charge in [-0.1, -0.05) is 49.4 Å². The van der Waals surface area contributed by atoms with Gasteiger partial charge >= 0.3 is 0 Å². The van der Waals surface area contributed by atoms with Gasteiger partial charge in [-0.3, -0.25) is 4.79 Å². The predicted octanol–water partition coefficient (Wildman–Crippen LogP) is 4.59. The molecule has 0 saturated carbocycles. The second kappa shape index (κ2) is 9.43. The summed E-state index contributed by atoms with van der Waals surface area (Å²) in [6.07, 6.45) is 1.90. The van der Waals surface area contributed by atoms with Crippen molar-refractivity contribution in [3.05, 3.63) is 65.7 Å². The minimum absolute atomic E-state index is 0.0223. The zero-order chi connectivity index (χ0) is 19.1. The molecule has 1 atom stereocenters. The van der Waals surface area contributed by atoms with Crippen LogP contribution in [0.5, 0.6) is 0 Å². The smallest absolute Gasteiger partial charge is 0.223 e. The van der Waals surface area contributed by atoms with E-state index in [1.54, 1.807) is 11.8 Å². The standard InChI is InChI=1S/C23H29NO2S/c1-18-8-6-7-11-21(18)23(12-14-26-15-13-23)17-24-22(25)19(2)16-27-20-9-4-3-5-10-20/h3-11,19H,12-17H2,1-2H3,(H,24,25). The van der Waals surface area contributed by atoms with E-state index in [-0.39, 0.29) is 17.2 Å². The van der Waals surface area contributed by atoms with Crippen molar-refractivity contribution in [1.82, 2.24) is 5.32 Å². The van der Waals surface area contributed by atoms with Gasteiger partial charge in [-0.15, -0.1) is 11.8 Å². The summed E-state index contributed by atoms with van der Waals surface area (Å²) in [6, 6.07) is 18.8. The van der Waals surface area contributed by atoms with Crippen LogP contribution in [0.3, 0.4) is 0 Å². The Morgan fingerprint density at radius 1 is 1.11 bits per heavy atom. The van der Waals surface area contributed by atoms with Gasteiger partial charge in [0.05, 0.1) is 0 Å². The summed E-state index contributed by atoms with van der Waals surface area (Å²) in [6.45, 7) is 6.36. The lowest BCUT2D eigenvalue weighted by molar-refractivity contribution is -0.124. The highest BCUT2D eigenvalue weighted by molar-refractivity contribution is 7.99. The van der Waals surface area contributed by atoms with Gasteiger partial charge in [0, 0.05) is 41.7 Å². The predicted molar refractivity (Wildman–Crippen MR) is 112 cm³/mol. The third kappa shape index (κ3) is 5.14. The first-order valence-corrected chi connectivity index (χ1v) is 10.7. The third-order valence-corrected chi connectivity index (χ3v) is 6.73. The van der Waals surface area contributed by atoms with E-state index in [1.165, 1.54) is 16.0 Å². The van der Waals surface area contributed by atoms with Crippen LogP contribution in [-0.4, -0.2) is 31.4 Å². The molecule has 0 spiro atoms. The Morgan fingerprint density at radius 2 is 1.78 bits per heavy atom. The largest absolute Gasteiger partial charge is 0.381 e. The molecule has 1 N–H and O–H groups in total. The first-order valence-electron chi connectivity index (χ1n) is 9.70. The molecule has 1 aliphatic rings. The van der Waals surface area contributed by atoms with E-state index in [0.29, 0.717) is 6.54 Å². The molecule has 1 saturated heterocycles. The number of hydrogen-bond acceptors (Lipinski definition) is 3. The summed E-state index contributed by atoms with van der Waals surface area (Å²) in [4.78, 5) is 13.9. The van der Waals surface area contributed by atoms with E-state index in [2.05, 4.69) is 48.6 Å². The Bertz CT molecular complexity index is 741. The van der Waals surface area contributed by atoms with Crippen molar-refractivity contribution in [2.24, 2.45) is 5.92 Å². The number of amides is 1. The van der Waals surface area contributed by atoms with Gasteiger partial charge in [-0.25, -0.2) is 0 Å². The van der Waals surface area contributed by atoms with Crippen molar-refractivity contribution in [3.8, 4) is 0 Å². The lowest BCUT2D eigenvalue weighted by Gasteiger charge is -2.39. The number of nitrogens with one attached hydrogen (secondary N) is 1. The van der Waals surface area contributed by atoms with E-state index < -0.39 is 0 Å². The van der Waals surface area contributed by atoms with E-state index in [1.807, 2.05) is 25.1 Å². The van der Waals surface area contributed by atoms with Crippen molar-refractivity contribution >= 4 is 17.7 Å². The molecule has 3 rings (SSSR count).